The van der Waals surface area contributed by atoms with E-state index in [1.807, 2.05) is 13.0 Å². The fourth-order valence-electron chi connectivity index (χ4n) is 2.88. The number of nitrogens with two attached hydrogens (primary N) is 1. The molecule has 1 fully saturated rings. The van der Waals surface area contributed by atoms with Gasteiger partial charge in [0.05, 0.1) is 17.3 Å². The number of halogens is 1. The van der Waals surface area contributed by atoms with Gasteiger partial charge in [-0.2, -0.15) is 0 Å². The van der Waals surface area contributed by atoms with Crippen molar-refractivity contribution in [2.45, 2.75) is 26.2 Å². The van der Waals surface area contributed by atoms with Crippen molar-refractivity contribution in [3.63, 3.8) is 0 Å². The summed E-state index contributed by atoms with van der Waals surface area (Å²) in [4.78, 5) is 24.0. The van der Waals surface area contributed by atoms with Gasteiger partial charge in [0, 0.05) is 5.92 Å². The van der Waals surface area contributed by atoms with Crippen LogP contribution in [-0.2, 0) is 9.59 Å². The Hall–Kier alpha value is -1.59. The maximum Gasteiger partial charge on any atom is 0.243 e. The summed E-state index contributed by atoms with van der Waals surface area (Å²) in [5.74, 6) is -0.213. The van der Waals surface area contributed by atoms with Gasteiger partial charge >= 0.3 is 0 Å². The lowest BCUT2D eigenvalue weighted by Crippen LogP contribution is -2.39. The molecule has 2 atom stereocenters. The summed E-state index contributed by atoms with van der Waals surface area (Å²) in [5, 5.41) is 5.87. The largest absolute Gasteiger partial charge is 0.347 e. The number of hydrogen-bond donors (Lipinski definition) is 3. The van der Waals surface area contributed by atoms with E-state index < -0.39 is 0 Å². The van der Waals surface area contributed by atoms with Gasteiger partial charge in [0.25, 0.3) is 0 Å². The van der Waals surface area contributed by atoms with E-state index in [-0.39, 0.29) is 30.2 Å². The number of carbonyl (C=O) groups excluding carboxylic acids is 2. The fourth-order valence-corrected chi connectivity index (χ4v) is 3.16. The Labute approximate surface area is 135 Å². The molecule has 120 valence electrons. The lowest BCUT2D eigenvalue weighted by molar-refractivity contribution is -0.128. The third-order valence-electron chi connectivity index (χ3n) is 4.12. The third kappa shape index (κ3) is 4.21. The van der Waals surface area contributed by atoms with Gasteiger partial charge in [-0.3, -0.25) is 9.59 Å². The highest BCUT2D eigenvalue weighted by Gasteiger charge is 2.31. The topological polar surface area (TPSA) is 84.2 Å². The predicted octanol–water partition coefficient (Wildman–Crippen LogP) is 2.08. The van der Waals surface area contributed by atoms with E-state index in [4.69, 9.17) is 17.3 Å². The van der Waals surface area contributed by atoms with E-state index in [9.17, 15) is 9.59 Å². The van der Waals surface area contributed by atoms with E-state index in [1.165, 1.54) is 0 Å². The molecule has 0 saturated heterocycles. The average molecular weight is 324 g/mol. The van der Waals surface area contributed by atoms with Crippen LogP contribution in [-0.4, -0.2) is 24.9 Å². The quantitative estimate of drug-likeness (QED) is 0.775. The number of nitrogens with one attached hydrogen (secondary N) is 2. The van der Waals surface area contributed by atoms with Crippen molar-refractivity contribution in [2.75, 3.05) is 18.4 Å². The van der Waals surface area contributed by atoms with E-state index in [1.54, 1.807) is 12.1 Å². The number of rotatable bonds is 5. The van der Waals surface area contributed by atoms with Crippen LogP contribution in [0.3, 0.4) is 0 Å². The van der Waals surface area contributed by atoms with Crippen molar-refractivity contribution in [3.05, 3.63) is 28.8 Å². The van der Waals surface area contributed by atoms with Gasteiger partial charge in [-0.1, -0.05) is 24.1 Å². The Balaban J connectivity index is 1.83. The minimum atomic E-state index is -0.290. The summed E-state index contributed by atoms with van der Waals surface area (Å²) in [6.07, 6.45) is 2.85. The minimum absolute atomic E-state index is 0.0587. The molecule has 2 amide bonds. The van der Waals surface area contributed by atoms with Gasteiger partial charge in [-0.15, -0.1) is 0 Å². The second kappa shape index (κ2) is 7.61. The maximum absolute atomic E-state index is 12.1. The fraction of sp³-hybridized carbons (Fsp3) is 0.500. The molecular weight excluding hydrogens is 302 g/mol. The Bertz CT molecular complexity index is 562. The first-order chi connectivity index (χ1) is 10.5. The number of amides is 2. The number of hydrogen-bond acceptors (Lipinski definition) is 3. The van der Waals surface area contributed by atoms with Crippen LogP contribution in [0.5, 0.6) is 0 Å². The van der Waals surface area contributed by atoms with Crippen LogP contribution in [0.2, 0.25) is 5.02 Å². The molecule has 4 N–H and O–H groups in total. The highest BCUT2D eigenvalue weighted by molar-refractivity contribution is 6.33. The Morgan fingerprint density at radius 3 is 2.82 bits per heavy atom. The molecule has 5 nitrogen and oxygen atoms in total. The molecule has 0 bridgehead atoms. The SMILES string of the molecule is Cc1ccc(NC(=O)CNC(=O)[C@@H]2CCC[C@@H]2CN)c(Cl)c1. The zero-order valence-electron chi connectivity index (χ0n) is 12.7. The third-order valence-corrected chi connectivity index (χ3v) is 4.43. The van der Waals surface area contributed by atoms with Crippen molar-refractivity contribution in [1.82, 2.24) is 5.32 Å². The van der Waals surface area contributed by atoms with E-state index in [0.717, 1.165) is 24.8 Å². The van der Waals surface area contributed by atoms with Crippen LogP contribution in [0.25, 0.3) is 0 Å². The van der Waals surface area contributed by atoms with Gasteiger partial charge in [-0.05, 0) is 49.9 Å². The van der Waals surface area contributed by atoms with Crippen LogP contribution in [0.4, 0.5) is 5.69 Å². The molecule has 0 heterocycles. The molecule has 0 spiro atoms. The summed E-state index contributed by atoms with van der Waals surface area (Å²) >= 11 is 6.06. The normalized spacial score (nSPS) is 20.7. The standard InChI is InChI=1S/C16H22ClN3O2/c1-10-5-6-14(13(17)7-10)20-15(21)9-19-16(22)12-4-2-3-11(12)8-18/h5-7,11-12H,2-4,8-9,18H2,1H3,(H,19,22)(H,20,21)/t11-,12-/m1/s1. The minimum Gasteiger partial charge on any atom is -0.347 e. The summed E-state index contributed by atoms with van der Waals surface area (Å²) in [6.45, 7) is 2.38. The molecule has 22 heavy (non-hydrogen) atoms. The molecular formula is C16H22ClN3O2. The van der Waals surface area contributed by atoms with Gasteiger partial charge in [0.15, 0.2) is 0 Å². The number of anilines is 1. The lowest BCUT2D eigenvalue weighted by atomic mass is 9.95. The summed E-state index contributed by atoms with van der Waals surface area (Å²) in [7, 11) is 0. The monoisotopic (exact) mass is 323 g/mol. The molecule has 6 heteroatoms. The molecule has 0 aromatic heterocycles. The van der Waals surface area contributed by atoms with Crippen LogP contribution in [0.1, 0.15) is 24.8 Å². The zero-order chi connectivity index (χ0) is 16.1. The molecule has 0 aliphatic heterocycles. The first-order valence-electron chi connectivity index (χ1n) is 7.55. The van der Waals surface area contributed by atoms with Crippen LogP contribution < -0.4 is 16.4 Å². The van der Waals surface area contributed by atoms with Crippen LogP contribution >= 0.6 is 11.6 Å². The number of benzene rings is 1. The van der Waals surface area contributed by atoms with Crippen LogP contribution in [0, 0.1) is 18.8 Å². The highest BCUT2D eigenvalue weighted by Crippen LogP contribution is 2.30. The molecule has 0 unspecified atom stereocenters. The van der Waals surface area contributed by atoms with Crippen molar-refractivity contribution in [2.24, 2.45) is 17.6 Å². The second-order valence-electron chi connectivity index (χ2n) is 5.78. The van der Waals surface area contributed by atoms with Gasteiger partial charge in [-0.25, -0.2) is 0 Å². The Kier molecular flexibility index (Phi) is 5.80. The summed E-state index contributed by atoms with van der Waals surface area (Å²) in [5.41, 5.74) is 7.24. The van der Waals surface area contributed by atoms with Crippen LogP contribution in [0.15, 0.2) is 18.2 Å². The molecule has 1 saturated carbocycles. The van der Waals surface area contributed by atoms with Crippen molar-refractivity contribution in [1.29, 1.82) is 0 Å². The van der Waals surface area contributed by atoms with Crippen molar-refractivity contribution >= 4 is 29.1 Å². The van der Waals surface area contributed by atoms with E-state index in [0.29, 0.717) is 17.3 Å². The lowest BCUT2D eigenvalue weighted by Gasteiger charge is -2.17. The predicted molar refractivity (Wildman–Crippen MR) is 87.7 cm³/mol. The molecule has 2 rings (SSSR count). The van der Waals surface area contributed by atoms with E-state index in [2.05, 4.69) is 10.6 Å². The first-order valence-corrected chi connectivity index (χ1v) is 7.93. The zero-order valence-corrected chi connectivity index (χ0v) is 13.5. The van der Waals surface area contributed by atoms with Crippen molar-refractivity contribution in [3.8, 4) is 0 Å². The maximum atomic E-state index is 12.1. The van der Waals surface area contributed by atoms with Gasteiger partial charge < -0.3 is 16.4 Å². The Morgan fingerprint density at radius 1 is 1.36 bits per heavy atom. The van der Waals surface area contributed by atoms with E-state index >= 15 is 0 Å². The average Bonchev–Trinajstić information content (AvgIpc) is 2.96. The summed E-state index contributed by atoms with van der Waals surface area (Å²) < 4.78 is 0. The molecule has 0 radical (unpaired) electrons. The molecule has 1 aliphatic rings. The number of aryl methyl sites for hydroxylation is 1. The highest BCUT2D eigenvalue weighted by atomic mass is 35.5. The smallest absolute Gasteiger partial charge is 0.243 e. The summed E-state index contributed by atoms with van der Waals surface area (Å²) in [6, 6.07) is 5.39. The molecule has 1 aliphatic carbocycles. The van der Waals surface area contributed by atoms with Crippen molar-refractivity contribution < 1.29 is 9.59 Å². The molecule has 1 aromatic rings. The Morgan fingerprint density at radius 2 is 2.14 bits per heavy atom. The second-order valence-corrected chi connectivity index (χ2v) is 6.19. The first kappa shape index (κ1) is 16.8. The number of carbonyl (C=O) groups is 2. The van der Waals surface area contributed by atoms with Gasteiger partial charge in [0.1, 0.15) is 0 Å². The molecule has 1 aromatic carbocycles. The van der Waals surface area contributed by atoms with Gasteiger partial charge in [0.2, 0.25) is 11.8 Å².